The first-order valence-electron chi connectivity index (χ1n) is 14.8. The van der Waals surface area contributed by atoms with Crippen molar-refractivity contribution in [2.24, 2.45) is 0 Å². The highest BCUT2D eigenvalue weighted by molar-refractivity contribution is 6.00. The fourth-order valence-electron chi connectivity index (χ4n) is 6.29. The summed E-state index contributed by atoms with van der Waals surface area (Å²) in [7, 11) is 0. The van der Waals surface area contributed by atoms with Crippen molar-refractivity contribution in [1.82, 2.24) is 0 Å². The Morgan fingerprint density at radius 2 is 0.884 bits per heavy atom. The van der Waals surface area contributed by atoms with Crippen LogP contribution in [-0.2, 0) is 0 Å². The third-order valence-electron chi connectivity index (χ3n) is 8.42. The van der Waals surface area contributed by atoms with Crippen molar-refractivity contribution in [3.63, 3.8) is 0 Å². The van der Waals surface area contributed by atoms with E-state index >= 15 is 0 Å². The topological polar surface area (TPSA) is 3.24 Å². The first kappa shape index (κ1) is 25.1. The highest BCUT2D eigenvalue weighted by Crippen LogP contribution is 2.41. The Morgan fingerprint density at radius 1 is 0.302 bits per heavy atom. The van der Waals surface area contributed by atoms with Crippen molar-refractivity contribution in [3.05, 3.63) is 176 Å². The molecular weight excluding hydrogens is 518 g/mol. The van der Waals surface area contributed by atoms with E-state index in [0.717, 1.165) is 17.1 Å². The minimum absolute atomic E-state index is 1.12. The highest BCUT2D eigenvalue weighted by atomic mass is 15.1. The first-order chi connectivity index (χ1) is 21.3. The molecule has 0 fully saturated rings. The van der Waals surface area contributed by atoms with Crippen molar-refractivity contribution >= 4 is 49.4 Å². The summed E-state index contributed by atoms with van der Waals surface area (Å²) in [5.74, 6) is 0. The number of nitrogens with zero attached hydrogens (tertiary/aromatic N) is 1. The van der Waals surface area contributed by atoms with Gasteiger partial charge in [-0.05, 0) is 85.6 Å². The molecule has 0 aliphatic heterocycles. The predicted octanol–water partition coefficient (Wildman–Crippen LogP) is 11.9. The second kappa shape index (κ2) is 10.6. The Morgan fingerprint density at radius 3 is 1.70 bits per heavy atom. The minimum Gasteiger partial charge on any atom is -0.310 e. The van der Waals surface area contributed by atoms with Gasteiger partial charge in [0, 0.05) is 16.8 Å². The largest absolute Gasteiger partial charge is 0.310 e. The smallest absolute Gasteiger partial charge is 0.0540 e. The molecule has 43 heavy (non-hydrogen) atoms. The van der Waals surface area contributed by atoms with E-state index in [1.165, 1.54) is 54.6 Å². The Bertz CT molecular complexity index is 2230. The molecule has 0 atom stereocenters. The Kier molecular flexibility index (Phi) is 6.20. The Labute approximate surface area is 251 Å². The molecular formula is C42H29N. The van der Waals surface area contributed by atoms with Crippen LogP contribution in [0.3, 0.4) is 0 Å². The second-order valence-electron chi connectivity index (χ2n) is 11.0. The fourth-order valence-corrected chi connectivity index (χ4v) is 6.29. The van der Waals surface area contributed by atoms with Crippen LogP contribution in [0.4, 0.5) is 17.1 Å². The Hall–Kier alpha value is -5.66. The van der Waals surface area contributed by atoms with Crippen LogP contribution >= 0.6 is 0 Å². The van der Waals surface area contributed by atoms with Gasteiger partial charge in [0.15, 0.2) is 0 Å². The molecule has 8 aromatic carbocycles. The maximum absolute atomic E-state index is 2.39. The summed E-state index contributed by atoms with van der Waals surface area (Å²) >= 11 is 0. The van der Waals surface area contributed by atoms with Crippen molar-refractivity contribution in [2.75, 3.05) is 4.90 Å². The van der Waals surface area contributed by atoms with E-state index in [2.05, 4.69) is 181 Å². The van der Waals surface area contributed by atoms with Crippen LogP contribution in [0, 0.1) is 0 Å². The van der Waals surface area contributed by atoms with Gasteiger partial charge in [-0.1, -0.05) is 140 Å². The summed E-state index contributed by atoms with van der Waals surface area (Å²) in [5, 5.41) is 7.48. The van der Waals surface area contributed by atoms with Crippen molar-refractivity contribution in [1.29, 1.82) is 0 Å². The van der Waals surface area contributed by atoms with Crippen LogP contribution in [-0.4, -0.2) is 0 Å². The van der Waals surface area contributed by atoms with E-state index in [4.69, 9.17) is 0 Å². The molecule has 0 radical (unpaired) electrons. The summed E-state index contributed by atoms with van der Waals surface area (Å²) in [6, 6.07) is 63.5. The van der Waals surface area contributed by atoms with E-state index in [9.17, 15) is 0 Å². The molecule has 0 spiro atoms. The number of hydrogen-bond donors (Lipinski definition) is 0. The highest BCUT2D eigenvalue weighted by Gasteiger charge is 2.16. The zero-order valence-corrected chi connectivity index (χ0v) is 23.7. The van der Waals surface area contributed by atoms with Gasteiger partial charge in [0.2, 0.25) is 0 Å². The van der Waals surface area contributed by atoms with Crippen molar-refractivity contribution in [3.8, 4) is 22.3 Å². The lowest BCUT2D eigenvalue weighted by atomic mass is 9.97. The van der Waals surface area contributed by atoms with Crippen LogP contribution in [0.25, 0.3) is 54.6 Å². The van der Waals surface area contributed by atoms with Gasteiger partial charge in [0.25, 0.3) is 0 Å². The lowest BCUT2D eigenvalue weighted by molar-refractivity contribution is 1.30. The number of anilines is 3. The second-order valence-corrected chi connectivity index (χ2v) is 11.0. The number of fused-ring (bicyclic) bond motifs is 3. The summed E-state index contributed by atoms with van der Waals surface area (Å²) in [4.78, 5) is 2.39. The average Bonchev–Trinajstić information content (AvgIpc) is 3.08. The molecule has 0 N–H and O–H groups in total. The fraction of sp³-hybridized carbons (Fsp3) is 0. The van der Waals surface area contributed by atoms with Gasteiger partial charge in [0.05, 0.1) is 5.69 Å². The van der Waals surface area contributed by atoms with Gasteiger partial charge >= 0.3 is 0 Å². The quantitative estimate of drug-likeness (QED) is 0.207. The standard InChI is InChI=1S/C42H29N/c1-2-13-34-28-36(23-22-30(34)10-1)35-16-7-17-38(29-35)43(42-21-9-15-32-12-4-6-19-41(32)42)37-26-24-33(25-27-37)40-20-8-14-31-11-3-5-18-39(31)40/h1-29H. The molecule has 0 bridgehead atoms. The number of hydrogen-bond acceptors (Lipinski definition) is 1. The molecule has 8 aromatic rings. The molecule has 0 saturated carbocycles. The minimum atomic E-state index is 1.12. The van der Waals surface area contributed by atoms with Gasteiger partial charge in [0.1, 0.15) is 0 Å². The van der Waals surface area contributed by atoms with Gasteiger partial charge < -0.3 is 4.90 Å². The summed E-state index contributed by atoms with van der Waals surface area (Å²) < 4.78 is 0. The number of rotatable bonds is 5. The van der Waals surface area contributed by atoms with Crippen LogP contribution in [0.5, 0.6) is 0 Å². The molecule has 8 rings (SSSR count). The molecule has 0 aliphatic rings. The van der Waals surface area contributed by atoms with Gasteiger partial charge in [-0.25, -0.2) is 0 Å². The average molecular weight is 548 g/mol. The van der Waals surface area contributed by atoms with Crippen LogP contribution in [0.1, 0.15) is 0 Å². The van der Waals surface area contributed by atoms with Crippen molar-refractivity contribution in [2.45, 2.75) is 0 Å². The van der Waals surface area contributed by atoms with E-state index in [0.29, 0.717) is 0 Å². The zero-order chi connectivity index (χ0) is 28.6. The van der Waals surface area contributed by atoms with E-state index < -0.39 is 0 Å². The van der Waals surface area contributed by atoms with Crippen molar-refractivity contribution < 1.29 is 0 Å². The lowest BCUT2D eigenvalue weighted by Gasteiger charge is -2.27. The summed E-state index contributed by atoms with van der Waals surface area (Å²) in [6.45, 7) is 0. The van der Waals surface area contributed by atoms with Crippen LogP contribution in [0.15, 0.2) is 176 Å². The van der Waals surface area contributed by atoms with E-state index in [1.54, 1.807) is 0 Å². The summed E-state index contributed by atoms with van der Waals surface area (Å²) in [5.41, 5.74) is 8.27. The Balaban J connectivity index is 1.28. The lowest BCUT2D eigenvalue weighted by Crippen LogP contribution is -2.10. The maximum Gasteiger partial charge on any atom is 0.0540 e. The molecule has 0 amide bonds. The molecule has 0 saturated heterocycles. The molecule has 0 aliphatic carbocycles. The zero-order valence-electron chi connectivity index (χ0n) is 23.7. The molecule has 202 valence electrons. The van der Waals surface area contributed by atoms with E-state index in [-0.39, 0.29) is 0 Å². The molecule has 0 aromatic heterocycles. The molecule has 1 heteroatoms. The maximum atomic E-state index is 2.39. The summed E-state index contributed by atoms with van der Waals surface area (Å²) in [6.07, 6.45) is 0. The van der Waals surface area contributed by atoms with Gasteiger partial charge in [-0.2, -0.15) is 0 Å². The third kappa shape index (κ3) is 4.62. The van der Waals surface area contributed by atoms with Gasteiger partial charge in [-0.3, -0.25) is 0 Å². The monoisotopic (exact) mass is 547 g/mol. The normalized spacial score (nSPS) is 11.3. The molecule has 0 unspecified atom stereocenters. The first-order valence-corrected chi connectivity index (χ1v) is 14.8. The molecule has 1 nitrogen and oxygen atoms in total. The van der Waals surface area contributed by atoms with E-state index in [1.807, 2.05) is 0 Å². The predicted molar refractivity (Wildman–Crippen MR) is 185 cm³/mol. The molecule has 0 heterocycles. The SMILES string of the molecule is c1cc(-c2ccc3ccccc3c2)cc(N(c2ccc(-c3cccc4ccccc34)cc2)c2cccc3ccccc23)c1. The van der Waals surface area contributed by atoms with Gasteiger partial charge in [-0.15, -0.1) is 0 Å². The number of benzene rings is 8. The van der Waals surface area contributed by atoms with Crippen LogP contribution in [0.2, 0.25) is 0 Å². The van der Waals surface area contributed by atoms with Crippen LogP contribution < -0.4 is 4.90 Å². The third-order valence-corrected chi connectivity index (χ3v) is 8.42.